The van der Waals surface area contributed by atoms with Crippen LogP contribution in [0.5, 0.6) is 0 Å². The Morgan fingerprint density at radius 1 is 1.31 bits per heavy atom. The normalized spacial score (nSPS) is 16.1. The zero-order valence-electron chi connectivity index (χ0n) is 22.1. The van der Waals surface area contributed by atoms with E-state index in [1.807, 2.05) is 0 Å². The number of fused-ring (bicyclic) bond motifs is 3. The second-order valence-corrected chi connectivity index (χ2v) is 8.62. The van der Waals surface area contributed by atoms with Crippen LogP contribution in [0.4, 0.5) is 31.8 Å². The summed E-state index contributed by atoms with van der Waals surface area (Å²) >= 11 is 0. The molecule has 0 spiro atoms. The molecule has 2 N–H and O–H groups in total. The van der Waals surface area contributed by atoms with Gasteiger partial charge in [-0.3, -0.25) is 14.2 Å². The third-order valence-corrected chi connectivity index (χ3v) is 6.12. The van der Waals surface area contributed by atoms with Crippen molar-refractivity contribution in [1.82, 2.24) is 19.5 Å². The zero-order chi connectivity index (χ0) is 27.4. The zero-order valence-corrected chi connectivity index (χ0v) is 19.1. The number of pyridine rings is 2. The van der Waals surface area contributed by atoms with Crippen molar-refractivity contribution in [2.45, 2.75) is 46.1 Å². The minimum atomic E-state index is -2.80. The highest BCUT2D eigenvalue weighted by Gasteiger charge is 2.32. The van der Waals surface area contributed by atoms with Crippen LogP contribution in [-0.2, 0) is 11.3 Å². The number of carbonyl (C=O) groups excluding carboxylic acids is 2. The molecule has 11 heteroatoms. The quantitative estimate of drug-likeness (QED) is 0.469. The predicted molar refractivity (Wildman–Crippen MR) is 127 cm³/mol. The number of aryl methyl sites for hydroxylation is 1. The third-order valence-electron chi connectivity index (χ3n) is 6.12. The minimum Gasteiger partial charge on any atom is -0.365 e. The van der Waals surface area contributed by atoms with Crippen molar-refractivity contribution in [2.24, 2.45) is 5.92 Å². The molecule has 2 aliphatic rings. The number of halogens is 2. The molecular weight excluding hydrogens is 456 g/mol. The Bertz CT molecular complexity index is 1440. The van der Waals surface area contributed by atoms with Gasteiger partial charge in [0.05, 0.1) is 34.9 Å². The van der Waals surface area contributed by atoms with Gasteiger partial charge < -0.3 is 15.5 Å². The Kier molecular flexibility index (Phi) is 4.84. The summed E-state index contributed by atoms with van der Waals surface area (Å²) in [5.41, 5.74) is 1.92. The lowest BCUT2D eigenvalue weighted by atomic mass is 10.0. The molecule has 182 valence electrons. The van der Waals surface area contributed by atoms with E-state index in [-0.39, 0.29) is 52.8 Å². The van der Waals surface area contributed by atoms with Crippen LogP contribution in [0.25, 0.3) is 11.3 Å². The van der Waals surface area contributed by atoms with Gasteiger partial charge in [0.1, 0.15) is 11.6 Å². The first kappa shape index (κ1) is 19.4. The SMILES string of the molecule is [2H]C([2H])([2H])CC(=O)c1cnc(NC(=O)C2CC2)cc1Nc1nccc2c1N(C)Cc1nc(C)n(C(F)F)c1-2. The van der Waals surface area contributed by atoms with Crippen molar-refractivity contribution in [3.8, 4) is 11.3 Å². The molecule has 1 saturated carbocycles. The molecule has 0 bridgehead atoms. The second kappa shape index (κ2) is 8.71. The van der Waals surface area contributed by atoms with Crippen molar-refractivity contribution < 1.29 is 22.5 Å². The number of anilines is 4. The highest BCUT2D eigenvalue weighted by Crippen LogP contribution is 2.44. The number of imidazole rings is 1. The lowest BCUT2D eigenvalue weighted by Gasteiger charge is -2.29. The number of nitrogens with one attached hydrogen (secondary N) is 2. The molecule has 35 heavy (non-hydrogen) atoms. The van der Waals surface area contributed by atoms with Crippen LogP contribution in [0.1, 0.15) is 58.7 Å². The van der Waals surface area contributed by atoms with E-state index in [1.54, 1.807) is 18.0 Å². The average Bonchev–Trinajstić information content (AvgIpc) is 3.60. The van der Waals surface area contributed by atoms with Crippen LogP contribution in [0.2, 0.25) is 0 Å². The number of hydrogen-bond acceptors (Lipinski definition) is 7. The highest BCUT2D eigenvalue weighted by atomic mass is 19.3. The lowest BCUT2D eigenvalue weighted by molar-refractivity contribution is -0.117. The monoisotopic (exact) mass is 484 g/mol. The number of Topliss-reactive ketones (excluding diaryl/α,β-unsaturated/α-hetero) is 1. The molecule has 3 aromatic rings. The molecule has 1 fully saturated rings. The van der Waals surface area contributed by atoms with Gasteiger partial charge >= 0.3 is 6.55 Å². The van der Waals surface area contributed by atoms with E-state index in [9.17, 15) is 18.4 Å². The topological polar surface area (TPSA) is 105 Å². The van der Waals surface area contributed by atoms with Crippen LogP contribution >= 0.6 is 0 Å². The maximum Gasteiger partial charge on any atom is 0.320 e. The molecule has 1 aliphatic heterocycles. The molecule has 0 saturated heterocycles. The van der Waals surface area contributed by atoms with Gasteiger partial charge in [0, 0.05) is 47.5 Å². The number of carbonyl (C=O) groups is 2. The van der Waals surface area contributed by atoms with Crippen LogP contribution < -0.4 is 15.5 Å². The molecule has 1 amide bonds. The highest BCUT2D eigenvalue weighted by molar-refractivity contribution is 6.03. The summed E-state index contributed by atoms with van der Waals surface area (Å²) in [6.45, 7) is -3.54. The number of aromatic nitrogens is 4. The van der Waals surface area contributed by atoms with E-state index in [0.29, 0.717) is 16.9 Å². The summed E-state index contributed by atoms with van der Waals surface area (Å²) in [6, 6.07) is 3.06. The molecule has 0 unspecified atom stereocenters. The number of rotatable bonds is 7. The minimum absolute atomic E-state index is 0.00225. The van der Waals surface area contributed by atoms with Crippen molar-refractivity contribution in [3.05, 3.63) is 41.6 Å². The van der Waals surface area contributed by atoms with Gasteiger partial charge in [-0.25, -0.2) is 15.0 Å². The molecule has 3 aromatic heterocycles. The molecule has 1 aliphatic carbocycles. The van der Waals surface area contributed by atoms with Gasteiger partial charge in [-0.05, 0) is 25.8 Å². The summed E-state index contributed by atoms with van der Waals surface area (Å²) < 4.78 is 51.2. The molecule has 5 rings (SSSR count). The van der Waals surface area contributed by atoms with E-state index < -0.39 is 25.6 Å². The summed E-state index contributed by atoms with van der Waals surface area (Å²) in [6.07, 6.45) is 3.52. The van der Waals surface area contributed by atoms with E-state index in [2.05, 4.69) is 25.6 Å². The molecule has 4 heterocycles. The molecule has 9 nitrogen and oxygen atoms in total. The molecular formula is C24H25F2N7O2. The van der Waals surface area contributed by atoms with Crippen LogP contribution in [0, 0.1) is 12.8 Å². The lowest BCUT2D eigenvalue weighted by Crippen LogP contribution is -2.24. The Morgan fingerprint density at radius 2 is 2.11 bits per heavy atom. The number of amides is 1. The first-order valence-electron chi connectivity index (χ1n) is 12.6. The van der Waals surface area contributed by atoms with Crippen LogP contribution in [-0.4, -0.2) is 38.3 Å². The largest absolute Gasteiger partial charge is 0.365 e. The summed E-state index contributed by atoms with van der Waals surface area (Å²) in [5.74, 6) is -0.334. The predicted octanol–water partition coefficient (Wildman–Crippen LogP) is 4.68. The van der Waals surface area contributed by atoms with Gasteiger partial charge in [-0.1, -0.05) is 6.85 Å². The van der Waals surface area contributed by atoms with Gasteiger partial charge in [-0.2, -0.15) is 8.78 Å². The molecule has 0 aromatic carbocycles. The Balaban J connectivity index is 1.58. The van der Waals surface area contributed by atoms with Crippen LogP contribution in [0.3, 0.4) is 0 Å². The van der Waals surface area contributed by atoms with Crippen molar-refractivity contribution in [2.75, 3.05) is 22.6 Å². The average molecular weight is 485 g/mol. The fourth-order valence-corrected chi connectivity index (χ4v) is 4.31. The molecule has 0 radical (unpaired) electrons. The van der Waals surface area contributed by atoms with E-state index in [0.717, 1.165) is 17.4 Å². The van der Waals surface area contributed by atoms with Crippen molar-refractivity contribution >= 4 is 34.7 Å². The fourth-order valence-electron chi connectivity index (χ4n) is 4.31. The standard InChI is InChI=1S/C24H25F2N7O2/c1-4-18(34)15-10-28-19(31-23(35)13-5-6-13)9-16(15)30-22-21-14(7-8-27-22)20-17(11-32(21)3)29-12(2)33(20)24(25)26/h7-10,13,24H,4-6,11H2,1-3H3,(H2,27,28,30,31,35)/i1D3. The number of nitrogens with zero attached hydrogens (tertiary/aromatic N) is 5. The van der Waals surface area contributed by atoms with E-state index in [4.69, 9.17) is 4.11 Å². The number of ketones is 1. The number of hydrogen-bond donors (Lipinski definition) is 2. The van der Waals surface area contributed by atoms with Crippen LogP contribution in [0.15, 0.2) is 24.5 Å². The summed E-state index contributed by atoms with van der Waals surface area (Å²) in [5, 5.41) is 5.79. The number of alkyl halides is 2. The summed E-state index contributed by atoms with van der Waals surface area (Å²) in [7, 11) is 1.76. The Labute approximate surface area is 204 Å². The van der Waals surface area contributed by atoms with Crippen molar-refractivity contribution in [3.63, 3.8) is 0 Å². The first-order valence-corrected chi connectivity index (χ1v) is 11.1. The van der Waals surface area contributed by atoms with E-state index >= 15 is 0 Å². The molecule has 0 atom stereocenters. The van der Waals surface area contributed by atoms with Gasteiger partial charge in [0.25, 0.3) is 0 Å². The van der Waals surface area contributed by atoms with Crippen molar-refractivity contribution in [1.29, 1.82) is 0 Å². The third kappa shape index (κ3) is 4.11. The van der Waals surface area contributed by atoms with E-state index in [1.165, 1.54) is 25.4 Å². The Morgan fingerprint density at radius 3 is 2.83 bits per heavy atom. The first-order chi connectivity index (χ1) is 17.9. The fraction of sp³-hybridized carbons (Fsp3) is 0.375. The maximum absolute atomic E-state index is 13.9. The second-order valence-electron chi connectivity index (χ2n) is 8.62. The summed E-state index contributed by atoms with van der Waals surface area (Å²) in [4.78, 5) is 39.9. The smallest absolute Gasteiger partial charge is 0.320 e. The van der Waals surface area contributed by atoms with Gasteiger partial charge in [0.2, 0.25) is 5.91 Å². The maximum atomic E-state index is 13.9. The Hall–Kier alpha value is -3.89. The van der Waals surface area contributed by atoms with Gasteiger partial charge in [-0.15, -0.1) is 0 Å². The van der Waals surface area contributed by atoms with Gasteiger partial charge in [0.15, 0.2) is 11.6 Å².